The Morgan fingerprint density at radius 3 is 2.41 bits per heavy atom. The number of rotatable bonds is 2. The summed E-state index contributed by atoms with van der Waals surface area (Å²) in [5.41, 5.74) is 0. The number of cyclic esters (lactones) is 1. The number of alkyl halides is 2. The summed E-state index contributed by atoms with van der Waals surface area (Å²) < 4.78 is 30.6. The lowest BCUT2D eigenvalue weighted by atomic mass is 9.82. The van der Waals surface area contributed by atoms with Crippen LogP contribution in [0, 0.1) is 5.92 Å². The molecule has 0 radical (unpaired) electrons. The molecule has 0 aromatic heterocycles. The van der Waals surface area contributed by atoms with E-state index in [9.17, 15) is 18.4 Å². The number of amides is 2. The van der Waals surface area contributed by atoms with Gasteiger partial charge in [0.05, 0.1) is 0 Å². The molecule has 2 amide bonds. The molecule has 1 unspecified atom stereocenters. The van der Waals surface area contributed by atoms with Crippen molar-refractivity contribution >= 4 is 12.0 Å². The molecule has 96 valence electrons. The summed E-state index contributed by atoms with van der Waals surface area (Å²) in [6, 6.07) is -0.353. The molecular formula is C11H15F2NO3. The van der Waals surface area contributed by atoms with E-state index in [1.54, 1.807) is 6.92 Å². The van der Waals surface area contributed by atoms with Crippen molar-refractivity contribution in [2.75, 3.05) is 6.61 Å². The monoisotopic (exact) mass is 247 g/mol. The van der Waals surface area contributed by atoms with Crippen LogP contribution < -0.4 is 0 Å². The second kappa shape index (κ2) is 4.23. The number of nitrogens with zero attached hydrogens (tertiary/aromatic N) is 1. The molecule has 1 aliphatic carbocycles. The first-order valence-corrected chi connectivity index (χ1v) is 5.77. The molecule has 4 nitrogen and oxygen atoms in total. The maximum atomic E-state index is 13.0. The van der Waals surface area contributed by atoms with Gasteiger partial charge in [-0.3, -0.25) is 4.79 Å². The topological polar surface area (TPSA) is 46.6 Å². The van der Waals surface area contributed by atoms with Gasteiger partial charge in [-0.2, -0.15) is 0 Å². The SMILES string of the molecule is CC(C1CCC(F)(F)CC1)N1C(=O)COC1=O. The van der Waals surface area contributed by atoms with Gasteiger partial charge in [-0.15, -0.1) is 0 Å². The third kappa shape index (κ3) is 2.40. The van der Waals surface area contributed by atoms with Crippen LogP contribution in [-0.4, -0.2) is 35.5 Å². The Balaban J connectivity index is 1.99. The summed E-state index contributed by atoms with van der Waals surface area (Å²) >= 11 is 0. The lowest BCUT2D eigenvalue weighted by Crippen LogP contribution is -2.44. The maximum Gasteiger partial charge on any atom is 0.417 e. The van der Waals surface area contributed by atoms with E-state index in [1.807, 2.05) is 0 Å². The molecule has 0 spiro atoms. The Labute approximate surface area is 97.9 Å². The molecule has 17 heavy (non-hydrogen) atoms. The second-order valence-corrected chi connectivity index (χ2v) is 4.75. The van der Waals surface area contributed by atoms with Crippen LogP contribution >= 0.6 is 0 Å². The van der Waals surface area contributed by atoms with Crippen LogP contribution in [0.5, 0.6) is 0 Å². The number of carbonyl (C=O) groups excluding carboxylic acids is 2. The van der Waals surface area contributed by atoms with E-state index in [2.05, 4.69) is 4.74 Å². The van der Waals surface area contributed by atoms with Gasteiger partial charge in [-0.25, -0.2) is 18.5 Å². The molecule has 0 aromatic rings. The summed E-state index contributed by atoms with van der Waals surface area (Å²) in [6.07, 6.45) is -0.311. The first kappa shape index (κ1) is 12.3. The van der Waals surface area contributed by atoms with E-state index in [4.69, 9.17) is 0 Å². The minimum Gasteiger partial charge on any atom is -0.439 e. The van der Waals surface area contributed by atoms with Crippen molar-refractivity contribution in [1.82, 2.24) is 4.90 Å². The van der Waals surface area contributed by atoms with Crippen molar-refractivity contribution in [3.8, 4) is 0 Å². The fourth-order valence-electron chi connectivity index (χ4n) is 2.51. The highest BCUT2D eigenvalue weighted by Gasteiger charge is 2.42. The van der Waals surface area contributed by atoms with E-state index in [0.717, 1.165) is 4.90 Å². The van der Waals surface area contributed by atoms with E-state index >= 15 is 0 Å². The highest BCUT2D eigenvalue weighted by Crippen LogP contribution is 2.38. The van der Waals surface area contributed by atoms with Crippen LogP contribution in [0.2, 0.25) is 0 Å². The average Bonchev–Trinajstić information content (AvgIpc) is 2.58. The number of halogens is 2. The molecule has 0 N–H and O–H groups in total. The largest absolute Gasteiger partial charge is 0.439 e. The van der Waals surface area contributed by atoms with Crippen LogP contribution in [-0.2, 0) is 9.53 Å². The van der Waals surface area contributed by atoms with Crippen molar-refractivity contribution in [1.29, 1.82) is 0 Å². The zero-order valence-corrected chi connectivity index (χ0v) is 9.62. The van der Waals surface area contributed by atoms with Crippen LogP contribution in [0.25, 0.3) is 0 Å². The molecule has 2 rings (SSSR count). The van der Waals surface area contributed by atoms with Crippen LogP contribution in [0.15, 0.2) is 0 Å². The molecule has 1 atom stereocenters. The number of ether oxygens (including phenoxy) is 1. The van der Waals surface area contributed by atoms with E-state index in [0.29, 0.717) is 12.8 Å². The fourth-order valence-corrected chi connectivity index (χ4v) is 2.51. The van der Waals surface area contributed by atoms with Gasteiger partial charge in [0.25, 0.3) is 5.91 Å². The minimum absolute atomic E-state index is 0.0516. The zero-order valence-electron chi connectivity index (χ0n) is 9.62. The van der Waals surface area contributed by atoms with Gasteiger partial charge in [0.1, 0.15) is 0 Å². The standard InChI is InChI=1S/C11H15F2NO3/c1-7(14-9(15)6-17-10(14)16)8-2-4-11(12,13)5-3-8/h7-8H,2-6H2,1H3. The number of imide groups is 1. The predicted octanol–water partition coefficient (Wildman–Crippen LogP) is 2.18. The van der Waals surface area contributed by atoms with Gasteiger partial charge < -0.3 is 4.74 Å². The zero-order chi connectivity index (χ0) is 12.6. The van der Waals surface area contributed by atoms with E-state index in [1.165, 1.54) is 0 Å². The van der Waals surface area contributed by atoms with Gasteiger partial charge in [0.2, 0.25) is 5.92 Å². The average molecular weight is 247 g/mol. The van der Waals surface area contributed by atoms with Crippen molar-refractivity contribution in [2.45, 2.75) is 44.6 Å². The molecule has 2 aliphatic rings. The molecule has 1 aliphatic heterocycles. The maximum absolute atomic E-state index is 13.0. The van der Waals surface area contributed by atoms with Crippen molar-refractivity contribution in [3.05, 3.63) is 0 Å². The lowest BCUT2D eigenvalue weighted by molar-refractivity contribution is -0.128. The fraction of sp³-hybridized carbons (Fsp3) is 0.818. The summed E-state index contributed by atoms with van der Waals surface area (Å²) in [6.45, 7) is 1.49. The van der Waals surface area contributed by atoms with Gasteiger partial charge >= 0.3 is 6.09 Å². The van der Waals surface area contributed by atoms with E-state index in [-0.39, 0.29) is 37.3 Å². The molecule has 6 heteroatoms. The third-order valence-corrected chi connectivity index (χ3v) is 3.64. The molecule has 0 bridgehead atoms. The molecule has 1 saturated carbocycles. The molecule has 1 saturated heterocycles. The second-order valence-electron chi connectivity index (χ2n) is 4.75. The highest BCUT2D eigenvalue weighted by molar-refractivity contribution is 5.98. The Hall–Kier alpha value is -1.20. The molecule has 2 fully saturated rings. The summed E-state index contributed by atoms with van der Waals surface area (Å²) in [4.78, 5) is 23.8. The first-order chi connectivity index (χ1) is 7.91. The van der Waals surface area contributed by atoms with Crippen LogP contribution in [0.4, 0.5) is 13.6 Å². The number of carbonyl (C=O) groups is 2. The van der Waals surface area contributed by atoms with Crippen molar-refractivity contribution in [3.63, 3.8) is 0 Å². The van der Waals surface area contributed by atoms with Gasteiger partial charge in [0, 0.05) is 18.9 Å². The van der Waals surface area contributed by atoms with E-state index < -0.39 is 12.0 Å². The van der Waals surface area contributed by atoms with Gasteiger partial charge in [0.15, 0.2) is 6.61 Å². The van der Waals surface area contributed by atoms with Gasteiger partial charge in [-0.05, 0) is 25.7 Å². The lowest BCUT2D eigenvalue weighted by Gasteiger charge is -2.34. The summed E-state index contributed by atoms with van der Waals surface area (Å²) in [7, 11) is 0. The van der Waals surface area contributed by atoms with Crippen LogP contribution in [0.3, 0.4) is 0 Å². The number of hydrogen-bond donors (Lipinski definition) is 0. The molecule has 1 heterocycles. The predicted molar refractivity (Wildman–Crippen MR) is 54.6 cm³/mol. The molecular weight excluding hydrogens is 232 g/mol. The third-order valence-electron chi connectivity index (χ3n) is 3.64. The highest BCUT2D eigenvalue weighted by atomic mass is 19.3. The van der Waals surface area contributed by atoms with Gasteiger partial charge in [-0.1, -0.05) is 0 Å². The normalized spacial score (nSPS) is 27.1. The number of hydrogen-bond acceptors (Lipinski definition) is 3. The quantitative estimate of drug-likeness (QED) is 0.751. The van der Waals surface area contributed by atoms with Crippen LogP contribution in [0.1, 0.15) is 32.6 Å². The Bertz CT molecular complexity index is 320. The van der Waals surface area contributed by atoms with Crippen molar-refractivity contribution < 1.29 is 23.1 Å². The Morgan fingerprint density at radius 1 is 1.35 bits per heavy atom. The Kier molecular flexibility index (Phi) is 3.05. The summed E-state index contributed by atoms with van der Waals surface area (Å²) in [5, 5.41) is 0. The smallest absolute Gasteiger partial charge is 0.417 e. The minimum atomic E-state index is -2.59. The summed E-state index contributed by atoms with van der Waals surface area (Å²) in [5.74, 6) is -3.02. The van der Waals surface area contributed by atoms with Crippen molar-refractivity contribution in [2.24, 2.45) is 5.92 Å². The molecule has 0 aromatic carbocycles. The first-order valence-electron chi connectivity index (χ1n) is 5.77. The Morgan fingerprint density at radius 2 is 1.94 bits per heavy atom.